The second kappa shape index (κ2) is 8.50. The highest BCUT2D eigenvalue weighted by Crippen LogP contribution is 2.30. The number of hydrogen-bond donors (Lipinski definition) is 1. The van der Waals surface area contributed by atoms with Gasteiger partial charge in [0.15, 0.2) is 11.9 Å². The number of carbonyl (C=O) groups excluding carboxylic acids is 2. The number of rotatable bonds is 9. The van der Waals surface area contributed by atoms with Crippen LogP contribution < -0.4 is 4.74 Å². The number of aliphatic hydroxyl groups is 1. The van der Waals surface area contributed by atoms with Crippen molar-refractivity contribution >= 4 is 11.7 Å². The Morgan fingerprint density at radius 1 is 1.40 bits per heavy atom. The number of Topliss-reactive ketones (excluding diaryl/α,β-unsaturated/α-hetero) is 1. The molecular weight excluding hydrogens is 318 g/mol. The van der Waals surface area contributed by atoms with Gasteiger partial charge in [0.05, 0.1) is 0 Å². The molecule has 2 rings (SSSR count). The molecule has 0 saturated carbocycles. The molecule has 0 aromatic heterocycles. The van der Waals surface area contributed by atoms with Gasteiger partial charge in [0, 0.05) is 18.5 Å². The van der Waals surface area contributed by atoms with Gasteiger partial charge in [0.25, 0.3) is 5.91 Å². The summed E-state index contributed by atoms with van der Waals surface area (Å²) in [5, 5.41) is 10.5. The zero-order valence-corrected chi connectivity index (χ0v) is 14.4. The highest BCUT2D eigenvalue weighted by Gasteiger charge is 2.53. The van der Waals surface area contributed by atoms with Crippen LogP contribution in [0.4, 0.5) is 0 Å². The highest BCUT2D eigenvalue weighted by atomic mass is 16.5. The molecule has 0 unspecified atom stereocenters. The van der Waals surface area contributed by atoms with Gasteiger partial charge < -0.3 is 14.7 Å². The van der Waals surface area contributed by atoms with E-state index in [2.05, 4.69) is 12.5 Å². The van der Waals surface area contributed by atoms with E-state index in [0.717, 1.165) is 12.8 Å². The molecule has 0 spiro atoms. The van der Waals surface area contributed by atoms with Crippen molar-refractivity contribution in [2.75, 3.05) is 6.54 Å². The minimum atomic E-state index is -1.16. The van der Waals surface area contributed by atoms with Crippen LogP contribution in [0.2, 0.25) is 0 Å². The third-order valence-corrected chi connectivity index (χ3v) is 4.31. The van der Waals surface area contributed by atoms with Crippen LogP contribution in [0.3, 0.4) is 0 Å². The number of benzene rings is 1. The average Bonchev–Trinajstić information content (AvgIpc) is 2.62. The summed E-state index contributed by atoms with van der Waals surface area (Å²) in [7, 11) is 0. The van der Waals surface area contributed by atoms with Gasteiger partial charge in [-0.15, -0.1) is 12.3 Å². The van der Waals surface area contributed by atoms with Crippen LogP contribution in [0.25, 0.3) is 0 Å². The molecule has 132 valence electrons. The summed E-state index contributed by atoms with van der Waals surface area (Å²) in [6.07, 6.45) is 5.40. The first-order valence-corrected chi connectivity index (χ1v) is 8.30. The number of nitrogens with zero attached hydrogens (tertiary/aromatic N) is 1. The predicted molar refractivity (Wildman–Crippen MR) is 94.9 cm³/mol. The van der Waals surface area contributed by atoms with E-state index >= 15 is 0 Å². The molecule has 1 heterocycles. The number of amides is 1. The first-order valence-electron chi connectivity index (χ1n) is 8.30. The van der Waals surface area contributed by atoms with Gasteiger partial charge in [-0.3, -0.25) is 9.59 Å². The number of terminal acetylenes is 1. The quantitative estimate of drug-likeness (QED) is 0.323. The average molecular weight is 341 g/mol. The van der Waals surface area contributed by atoms with Gasteiger partial charge in [-0.05, 0) is 31.9 Å². The van der Waals surface area contributed by atoms with Gasteiger partial charge in [-0.1, -0.05) is 24.8 Å². The van der Waals surface area contributed by atoms with Crippen molar-refractivity contribution in [3.8, 4) is 18.1 Å². The summed E-state index contributed by atoms with van der Waals surface area (Å²) >= 11 is 0. The van der Waals surface area contributed by atoms with Gasteiger partial charge >= 0.3 is 0 Å². The third-order valence-electron chi connectivity index (χ3n) is 4.31. The number of ether oxygens (including phenoxy) is 1. The second-order valence-electron chi connectivity index (χ2n) is 6.06. The number of para-hydroxylation sites is 1. The maximum absolute atomic E-state index is 12.5. The van der Waals surface area contributed by atoms with Gasteiger partial charge in [0.1, 0.15) is 17.9 Å². The summed E-state index contributed by atoms with van der Waals surface area (Å²) in [5.41, 5.74) is 0.0767. The molecule has 5 nitrogen and oxygen atoms in total. The Hall–Kier alpha value is -2.58. The SMILES string of the molecule is C#CCCCCN1C(=O)[C@H](Oc2ccccc2)[C@@H]1[C@H](O)C(=C)C(C)=O. The minimum Gasteiger partial charge on any atom is -0.478 e. The van der Waals surface area contributed by atoms with Gasteiger partial charge in [-0.25, -0.2) is 0 Å². The van der Waals surface area contributed by atoms with Crippen molar-refractivity contribution in [3.63, 3.8) is 0 Å². The van der Waals surface area contributed by atoms with Crippen molar-refractivity contribution < 1.29 is 19.4 Å². The lowest BCUT2D eigenvalue weighted by atomic mass is 9.87. The van der Waals surface area contributed by atoms with E-state index in [1.165, 1.54) is 6.92 Å². The Morgan fingerprint density at radius 3 is 2.68 bits per heavy atom. The molecule has 1 aromatic rings. The molecule has 25 heavy (non-hydrogen) atoms. The molecule has 0 aliphatic carbocycles. The van der Waals surface area contributed by atoms with Crippen LogP contribution in [0, 0.1) is 12.3 Å². The van der Waals surface area contributed by atoms with Crippen LogP contribution in [0.15, 0.2) is 42.5 Å². The zero-order valence-electron chi connectivity index (χ0n) is 14.4. The monoisotopic (exact) mass is 341 g/mol. The topological polar surface area (TPSA) is 66.8 Å². The fraction of sp³-hybridized carbons (Fsp3) is 0.400. The molecule has 0 radical (unpaired) electrons. The molecule has 1 aliphatic heterocycles. The lowest BCUT2D eigenvalue weighted by Crippen LogP contribution is -2.71. The molecule has 1 saturated heterocycles. The zero-order chi connectivity index (χ0) is 18.4. The summed E-state index contributed by atoms with van der Waals surface area (Å²) < 4.78 is 5.75. The Kier molecular flexibility index (Phi) is 6.37. The van der Waals surface area contributed by atoms with Crippen LogP contribution in [-0.4, -0.2) is 46.5 Å². The fourth-order valence-electron chi connectivity index (χ4n) is 2.82. The van der Waals surface area contributed by atoms with Crippen LogP contribution in [0.5, 0.6) is 5.75 Å². The van der Waals surface area contributed by atoms with Gasteiger partial charge in [0.2, 0.25) is 0 Å². The standard InChI is InChI=1S/C20H23NO4/c1-4-5-6-10-13-21-17(18(23)14(2)15(3)22)19(20(21)24)25-16-11-8-7-9-12-16/h1,7-9,11-12,17-19,23H,2,5-6,10,13H2,3H3/t17-,18+,19+/m0/s1. The third kappa shape index (κ3) is 4.28. The molecule has 1 fully saturated rings. The number of hydrogen-bond acceptors (Lipinski definition) is 4. The first kappa shape index (κ1) is 18.8. The fourth-order valence-corrected chi connectivity index (χ4v) is 2.82. The smallest absolute Gasteiger partial charge is 0.266 e. The number of β-lactam (4-membered cyclic amide) rings is 1. The normalized spacial score (nSPS) is 20.4. The Morgan fingerprint density at radius 2 is 2.08 bits per heavy atom. The predicted octanol–water partition coefficient (Wildman–Crippen LogP) is 1.95. The number of carbonyl (C=O) groups is 2. The molecule has 1 aromatic carbocycles. The van der Waals surface area contributed by atoms with E-state index in [-0.39, 0.29) is 17.3 Å². The maximum atomic E-state index is 12.5. The minimum absolute atomic E-state index is 0.0767. The van der Waals surface area contributed by atoms with Crippen LogP contribution >= 0.6 is 0 Å². The molecule has 1 aliphatic rings. The number of unbranched alkanes of at least 4 members (excludes halogenated alkanes) is 2. The van der Waals surface area contributed by atoms with Crippen molar-refractivity contribution in [1.82, 2.24) is 4.90 Å². The maximum Gasteiger partial charge on any atom is 0.266 e. The lowest BCUT2D eigenvalue weighted by Gasteiger charge is -2.48. The van der Waals surface area contributed by atoms with Crippen molar-refractivity contribution in [2.45, 2.75) is 44.4 Å². The van der Waals surface area contributed by atoms with E-state index in [9.17, 15) is 14.7 Å². The lowest BCUT2D eigenvalue weighted by molar-refractivity contribution is -0.171. The summed E-state index contributed by atoms with van der Waals surface area (Å²) in [4.78, 5) is 25.6. The molecule has 0 bridgehead atoms. The largest absolute Gasteiger partial charge is 0.478 e. The second-order valence-corrected chi connectivity index (χ2v) is 6.06. The molecular formula is C20H23NO4. The highest BCUT2D eigenvalue weighted by molar-refractivity contribution is 5.95. The Balaban J connectivity index is 2.11. The van der Waals surface area contributed by atoms with Crippen molar-refractivity contribution in [1.29, 1.82) is 0 Å². The van der Waals surface area contributed by atoms with Crippen molar-refractivity contribution in [3.05, 3.63) is 42.5 Å². The summed E-state index contributed by atoms with van der Waals surface area (Å²) in [6.45, 7) is 5.45. The molecule has 3 atom stereocenters. The first-order chi connectivity index (χ1) is 12.0. The number of likely N-dealkylation sites (tertiary alicyclic amines) is 1. The van der Waals surface area contributed by atoms with E-state index in [1.807, 2.05) is 6.07 Å². The summed E-state index contributed by atoms with van der Waals surface area (Å²) in [6, 6.07) is 8.30. The Labute approximate surface area is 148 Å². The number of aliphatic hydroxyl groups excluding tert-OH is 1. The summed E-state index contributed by atoms with van der Waals surface area (Å²) in [5.74, 6) is 2.59. The molecule has 1 N–H and O–H groups in total. The van der Waals surface area contributed by atoms with Gasteiger partial charge in [-0.2, -0.15) is 0 Å². The van der Waals surface area contributed by atoms with E-state index in [0.29, 0.717) is 18.7 Å². The van der Waals surface area contributed by atoms with Crippen LogP contribution in [-0.2, 0) is 9.59 Å². The Bertz CT molecular complexity index is 677. The molecule has 1 amide bonds. The van der Waals surface area contributed by atoms with Crippen LogP contribution in [0.1, 0.15) is 26.2 Å². The van der Waals surface area contributed by atoms with Crippen molar-refractivity contribution in [2.24, 2.45) is 0 Å². The van der Waals surface area contributed by atoms with E-state index in [1.54, 1.807) is 29.2 Å². The number of ketones is 1. The molecule has 5 heteroatoms. The van der Waals surface area contributed by atoms with E-state index in [4.69, 9.17) is 11.2 Å². The van der Waals surface area contributed by atoms with E-state index < -0.39 is 18.2 Å².